The van der Waals surface area contributed by atoms with Crippen molar-refractivity contribution in [3.8, 4) is 5.82 Å². The number of benzene rings is 1. The van der Waals surface area contributed by atoms with Crippen LogP contribution in [0.25, 0.3) is 33.4 Å². The Labute approximate surface area is 155 Å². The Hall–Kier alpha value is -3.46. The van der Waals surface area contributed by atoms with E-state index in [2.05, 4.69) is 19.9 Å². The largest absolute Gasteiger partial charge is 0.319 e. The molecule has 27 heavy (non-hydrogen) atoms. The summed E-state index contributed by atoms with van der Waals surface area (Å²) in [7, 11) is 0. The predicted octanol–water partition coefficient (Wildman–Crippen LogP) is 1.99. The van der Waals surface area contributed by atoms with Crippen LogP contribution in [-0.2, 0) is 0 Å². The Kier molecular flexibility index (Phi) is 3.37. The van der Waals surface area contributed by atoms with Gasteiger partial charge >= 0.3 is 0 Å². The zero-order chi connectivity index (χ0) is 18.5. The van der Waals surface area contributed by atoms with E-state index in [4.69, 9.17) is 0 Å². The molecule has 0 amide bonds. The monoisotopic (exact) mass is 376 g/mol. The van der Waals surface area contributed by atoms with Gasteiger partial charge in [-0.3, -0.25) is 9.59 Å². The van der Waals surface area contributed by atoms with Gasteiger partial charge in [0.1, 0.15) is 11.0 Å². The fraction of sp³-hybridized carbons (Fsp3) is 0.0556. The predicted molar refractivity (Wildman–Crippen MR) is 104 cm³/mol. The zero-order valence-corrected chi connectivity index (χ0v) is 14.9. The van der Waals surface area contributed by atoms with Crippen molar-refractivity contribution < 1.29 is 0 Å². The lowest BCUT2D eigenvalue weighted by Crippen LogP contribution is -2.22. The van der Waals surface area contributed by atoms with Crippen molar-refractivity contribution in [3.63, 3.8) is 0 Å². The maximum Gasteiger partial charge on any atom is 0.284 e. The highest BCUT2D eigenvalue weighted by molar-refractivity contribution is 7.98. The van der Waals surface area contributed by atoms with Crippen LogP contribution < -0.4 is 11.0 Å². The molecule has 0 aliphatic rings. The third-order valence-corrected chi connectivity index (χ3v) is 4.92. The highest BCUT2D eigenvalue weighted by Gasteiger charge is 2.18. The Morgan fingerprint density at radius 2 is 1.96 bits per heavy atom. The van der Waals surface area contributed by atoms with E-state index in [-0.39, 0.29) is 11.0 Å². The summed E-state index contributed by atoms with van der Waals surface area (Å²) in [6.45, 7) is 0. The van der Waals surface area contributed by atoms with Crippen LogP contribution in [0.4, 0.5) is 0 Å². The first-order valence-electron chi connectivity index (χ1n) is 8.09. The number of aromatic nitrogens is 6. The molecule has 4 aromatic heterocycles. The van der Waals surface area contributed by atoms with Crippen LogP contribution in [0.2, 0.25) is 0 Å². The highest BCUT2D eigenvalue weighted by atomic mass is 32.2. The third kappa shape index (κ3) is 2.28. The molecule has 0 aliphatic carbocycles. The summed E-state index contributed by atoms with van der Waals surface area (Å²) in [5, 5.41) is 1.71. The van der Waals surface area contributed by atoms with E-state index in [1.54, 1.807) is 29.1 Å². The first-order chi connectivity index (χ1) is 13.2. The number of rotatable bonds is 2. The van der Waals surface area contributed by atoms with Gasteiger partial charge in [-0.2, -0.15) is 4.52 Å². The van der Waals surface area contributed by atoms with Gasteiger partial charge in [-0.15, -0.1) is 0 Å². The SMILES string of the molecule is CSc1ncc2c(=O)n3c(nc2[nH]1)c1ccc(=O)cc1n3-c1ccccn1. The lowest BCUT2D eigenvalue weighted by molar-refractivity contribution is 0.770. The lowest BCUT2D eigenvalue weighted by Gasteiger charge is -2.07. The molecule has 0 saturated carbocycles. The Morgan fingerprint density at radius 1 is 1.07 bits per heavy atom. The molecule has 0 aliphatic heterocycles. The molecule has 8 nitrogen and oxygen atoms in total. The number of pyridine rings is 1. The van der Waals surface area contributed by atoms with E-state index in [1.807, 2.05) is 12.3 Å². The molecule has 5 rings (SSSR count). The standard InChI is InChI=1S/C18H12N6O2S/c1-27-18-20-9-12-15(22-18)21-16-11-6-5-10(25)8-13(11)23(24(16)17(12)26)14-4-2-3-7-19-14/h2-9H,1H3,(H,20,21,22). The third-order valence-electron chi connectivity index (χ3n) is 4.33. The minimum Gasteiger partial charge on any atom is -0.319 e. The van der Waals surface area contributed by atoms with Crippen LogP contribution in [0.3, 0.4) is 0 Å². The minimum absolute atomic E-state index is 0.155. The van der Waals surface area contributed by atoms with Gasteiger partial charge in [0.05, 0.1) is 5.52 Å². The van der Waals surface area contributed by atoms with E-state index in [1.165, 1.54) is 34.6 Å². The number of thioether (sulfide) groups is 1. The van der Waals surface area contributed by atoms with Crippen molar-refractivity contribution in [3.05, 3.63) is 69.4 Å². The molecule has 1 aromatic carbocycles. The summed E-state index contributed by atoms with van der Waals surface area (Å²) in [6.07, 6.45) is 5.03. The van der Waals surface area contributed by atoms with E-state index in [9.17, 15) is 9.59 Å². The van der Waals surface area contributed by atoms with Crippen molar-refractivity contribution in [1.29, 1.82) is 0 Å². The highest BCUT2D eigenvalue weighted by Crippen LogP contribution is 2.23. The number of nitrogens with zero attached hydrogens (tertiary/aromatic N) is 5. The topological polar surface area (TPSA) is 97.9 Å². The van der Waals surface area contributed by atoms with Gasteiger partial charge in [0, 0.05) is 23.8 Å². The van der Waals surface area contributed by atoms with Gasteiger partial charge in [-0.25, -0.2) is 19.6 Å². The number of aromatic amines is 1. The van der Waals surface area contributed by atoms with Crippen molar-refractivity contribution >= 4 is 39.3 Å². The van der Waals surface area contributed by atoms with Crippen LogP contribution in [-0.4, -0.2) is 35.4 Å². The molecular formula is C18H12N6O2S. The normalized spacial score (nSPS) is 11.6. The first kappa shape index (κ1) is 15.8. The van der Waals surface area contributed by atoms with E-state index in [0.29, 0.717) is 38.6 Å². The summed E-state index contributed by atoms with van der Waals surface area (Å²) in [5.41, 5.74) is 1.02. The fourth-order valence-corrected chi connectivity index (χ4v) is 3.50. The second kappa shape index (κ2) is 5.78. The molecular weight excluding hydrogens is 364 g/mol. The average molecular weight is 376 g/mol. The number of H-pyrrole nitrogens is 1. The summed E-state index contributed by atoms with van der Waals surface area (Å²) in [5.74, 6) is 0.518. The number of hydrogen-bond acceptors (Lipinski definition) is 6. The van der Waals surface area contributed by atoms with Gasteiger partial charge in [-0.05, 0) is 30.5 Å². The molecule has 1 N–H and O–H groups in total. The molecule has 0 spiro atoms. The molecule has 5 aromatic rings. The molecule has 0 atom stereocenters. The molecule has 0 bridgehead atoms. The van der Waals surface area contributed by atoms with Gasteiger partial charge in [-0.1, -0.05) is 17.8 Å². The zero-order valence-electron chi connectivity index (χ0n) is 14.1. The Balaban J connectivity index is 2.06. The maximum absolute atomic E-state index is 13.3. The van der Waals surface area contributed by atoms with Crippen LogP contribution in [0.5, 0.6) is 0 Å². The van der Waals surface area contributed by atoms with Crippen LogP contribution >= 0.6 is 11.8 Å². The number of fused-ring (bicyclic) bond motifs is 4. The summed E-state index contributed by atoms with van der Waals surface area (Å²) in [4.78, 5) is 41.6. The van der Waals surface area contributed by atoms with E-state index >= 15 is 0 Å². The molecule has 132 valence electrons. The van der Waals surface area contributed by atoms with Crippen molar-refractivity contribution in [2.24, 2.45) is 0 Å². The van der Waals surface area contributed by atoms with Gasteiger partial charge in [0.25, 0.3) is 5.56 Å². The van der Waals surface area contributed by atoms with E-state index < -0.39 is 0 Å². The molecule has 0 radical (unpaired) electrons. The Bertz CT molecular complexity index is 1450. The van der Waals surface area contributed by atoms with Gasteiger partial charge in [0.15, 0.2) is 22.1 Å². The summed E-state index contributed by atoms with van der Waals surface area (Å²) in [6, 6.07) is 10.0. The first-order valence-corrected chi connectivity index (χ1v) is 9.32. The molecule has 9 heteroatoms. The van der Waals surface area contributed by atoms with Crippen LogP contribution in [0.1, 0.15) is 0 Å². The second-order valence-electron chi connectivity index (χ2n) is 5.89. The van der Waals surface area contributed by atoms with E-state index in [0.717, 1.165) is 0 Å². The van der Waals surface area contributed by atoms with Gasteiger partial charge < -0.3 is 4.98 Å². The molecule has 4 heterocycles. The van der Waals surface area contributed by atoms with Crippen molar-refractivity contribution in [1.82, 2.24) is 29.1 Å². The molecule has 0 saturated heterocycles. The van der Waals surface area contributed by atoms with Crippen LogP contribution in [0.15, 0.2) is 63.5 Å². The quantitative estimate of drug-likeness (QED) is 0.374. The average Bonchev–Trinajstić information content (AvgIpc) is 3.02. The smallest absolute Gasteiger partial charge is 0.284 e. The fourth-order valence-electron chi connectivity index (χ4n) is 3.15. The number of nitrogens with one attached hydrogen (secondary N) is 1. The van der Waals surface area contributed by atoms with Crippen molar-refractivity contribution in [2.75, 3.05) is 6.26 Å². The second-order valence-corrected chi connectivity index (χ2v) is 6.68. The summed E-state index contributed by atoms with van der Waals surface area (Å²) >= 11 is 1.43. The lowest BCUT2D eigenvalue weighted by atomic mass is 10.2. The Morgan fingerprint density at radius 3 is 2.74 bits per heavy atom. The van der Waals surface area contributed by atoms with Crippen LogP contribution in [0, 0.1) is 0 Å². The molecule has 0 unspecified atom stereocenters. The summed E-state index contributed by atoms with van der Waals surface area (Å²) < 4.78 is 3.05. The molecule has 0 fully saturated rings. The number of hydrogen-bond donors (Lipinski definition) is 1. The van der Waals surface area contributed by atoms with Gasteiger partial charge in [0.2, 0.25) is 0 Å². The van der Waals surface area contributed by atoms with Crippen molar-refractivity contribution in [2.45, 2.75) is 5.16 Å². The minimum atomic E-state index is -0.291. The maximum atomic E-state index is 13.3.